The van der Waals surface area contributed by atoms with Gasteiger partial charge in [0.15, 0.2) is 0 Å². The van der Waals surface area contributed by atoms with E-state index in [1.807, 2.05) is 11.0 Å². The quantitative estimate of drug-likeness (QED) is 0.821. The Balaban J connectivity index is 1.69. The van der Waals surface area contributed by atoms with Crippen molar-refractivity contribution in [1.82, 2.24) is 4.90 Å². The second-order valence-electron chi connectivity index (χ2n) is 5.54. The lowest BCUT2D eigenvalue weighted by Gasteiger charge is -2.37. The second kappa shape index (κ2) is 5.14. The van der Waals surface area contributed by atoms with Crippen molar-refractivity contribution >= 4 is 11.7 Å². The van der Waals surface area contributed by atoms with Crippen molar-refractivity contribution in [1.29, 1.82) is 5.26 Å². The van der Waals surface area contributed by atoms with Gasteiger partial charge in [-0.3, -0.25) is 0 Å². The van der Waals surface area contributed by atoms with Crippen LogP contribution in [0.2, 0.25) is 0 Å². The zero-order valence-corrected chi connectivity index (χ0v) is 11.1. The van der Waals surface area contributed by atoms with Gasteiger partial charge in [0, 0.05) is 17.8 Å². The second-order valence-corrected chi connectivity index (χ2v) is 5.54. The highest BCUT2D eigenvalue weighted by Gasteiger charge is 2.42. The van der Waals surface area contributed by atoms with Gasteiger partial charge in [0.05, 0.1) is 17.7 Å². The average Bonchev–Trinajstić information content (AvgIpc) is 2.72. The molecule has 0 saturated carbocycles. The zero-order chi connectivity index (χ0) is 14.1. The van der Waals surface area contributed by atoms with Crippen molar-refractivity contribution < 1.29 is 9.90 Å². The van der Waals surface area contributed by atoms with Gasteiger partial charge in [-0.05, 0) is 49.9 Å². The summed E-state index contributed by atoms with van der Waals surface area (Å²) in [5.74, 6) is 0. The molecule has 2 fully saturated rings. The highest BCUT2D eigenvalue weighted by molar-refractivity contribution is 5.90. The number of carbonyl (C=O) groups excluding carboxylic acids is 1. The van der Waals surface area contributed by atoms with Crippen molar-refractivity contribution in [2.24, 2.45) is 0 Å². The Morgan fingerprint density at radius 1 is 1.25 bits per heavy atom. The molecule has 0 aliphatic carbocycles. The molecule has 2 saturated heterocycles. The number of benzene rings is 1. The van der Waals surface area contributed by atoms with E-state index < -0.39 is 0 Å². The van der Waals surface area contributed by atoms with E-state index in [9.17, 15) is 9.90 Å². The summed E-state index contributed by atoms with van der Waals surface area (Å²) < 4.78 is 0. The highest BCUT2D eigenvalue weighted by atomic mass is 16.3. The number of hydrogen-bond donors (Lipinski definition) is 2. The molecule has 2 unspecified atom stereocenters. The summed E-state index contributed by atoms with van der Waals surface area (Å²) in [6.07, 6.45) is 3.03. The molecule has 2 N–H and O–H groups in total. The molecule has 5 heteroatoms. The minimum absolute atomic E-state index is 0.103. The number of urea groups is 1. The summed E-state index contributed by atoms with van der Waals surface area (Å²) in [5.41, 5.74) is 1.27. The molecule has 104 valence electrons. The number of nitrogens with zero attached hydrogens (tertiary/aromatic N) is 2. The summed E-state index contributed by atoms with van der Waals surface area (Å²) in [5, 5.41) is 21.4. The van der Waals surface area contributed by atoms with Crippen LogP contribution in [0.15, 0.2) is 24.3 Å². The van der Waals surface area contributed by atoms with E-state index in [-0.39, 0.29) is 24.2 Å². The van der Waals surface area contributed by atoms with Crippen LogP contribution < -0.4 is 5.32 Å². The third kappa shape index (κ3) is 2.35. The molecule has 2 aliphatic heterocycles. The lowest BCUT2D eigenvalue weighted by Crippen LogP contribution is -2.49. The molecule has 1 aromatic carbocycles. The first-order valence-corrected chi connectivity index (χ1v) is 6.95. The first kappa shape index (κ1) is 12.9. The van der Waals surface area contributed by atoms with Gasteiger partial charge >= 0.3 is 6.03 Å². The van der Waals surface area contributed by atoms with Crippen LogP contribution in [0.4, 0.5) is 10.5 Å². The summed E-state index contributed by atoms with van der Waals surface area (Å²) >= 11 is 0. The number of piperidine rings is 1. The van der Waals surface area contributed by atoms with Gasteiger partial charge in [-0.25, -0.2) is 4.79 Å². The molecule has 1 aromatic rings. The number of anilines is 1. The number of nitriles is 1. The number of aliphatic hydroxyl groups excluding tert-OH is 1. The predicted molar refractivity (Wildman–Crippen MR) is 74.1 cm³/mol. The Morgan fingerprint density at radius 3 is 2.40 bits per heavy atom. The summed E-state index contributed by atoms with van der Waals surface area (Å²) in [4.78, 5) is 14.2. The maximum Gasteiger partial charge on any atom is 0.322 e. The fourth-order valence-corrected chi connectivity index (χ4v) is 3.30. The third-order valence-corrected chi connectivity index (χ3v) is 4.21. The van der Waals surface area contributed by atoms with Crippen LogP contribution in [0.25, 0.3) is 0 Å². The molecule has 2 aliphatic rings. The topological polar surface area (TPSA) is 76.4 Å². The summed E-state index contributed by atoms with van der Waals surface area (Å²) in [6.45, 7) is 0. The van der Waals surface area contributed by atoms with E-state index in [2.05, 4.69) is 5.32 Å². The molecular weight excluding hydrogens is 254 g/mol. The third-order valence-electron chi connectivity index (χ3n) is 4.21. The van der Waals surface area contributed by atoms with Gasteiger partial charge in [0.1, 0.15) is 0 Å². The largest absolute Gasteiger partial charge is 0.393 e. The van der Waals surface area contributed by atoms with Crippen molar-refractivity contribution in [3.05, 3.63) is 29.8 Å². The predicted octanol–water partition coefficient (Wildman–Crippen LogP) is 2.08. The molecule has 0 spiro atoms. The Kier molecular flexibility index (Phi) is 3.33. The fourth-order valence-electron chi connectivity index (χ4n) is 3.30. The lowest BCUT2D eigenvalue weighted by atomic mass is 10.0. The molecule has 2 heterocycles. The minimum atomic E-state index is -0.272. The first-order valence-electron chi connectivity index (χ1n) is 6.95. The van der Waals surface area contributed by atoms with E-state index in [0.717, 1.165) is 12.8 Å². The fraction of sp³-hybridized carbons (Fsp3) is 0.467. The number of aliphatic hydroxyl groups is 1. The van der Waals surface area contributed by atoms with Crippen LogP contribution in [0.3, 0.4) is 0 Å². The van der Waals surface area contributed by atoms with Crippen LogP contribution in [-0.2, 0) is 0 Å². The smallest absolute Gasteiger partial charge is 0.322 e. The van der Waals surface area contributed by atoms with Crippen LogP contribution in [0.1, 0.15) is 31.2 Å². The monoisotopic (exact) mass is 271 g/mol. The van der Waals surface area contributed by atoms with Gasteiger partial charge in [-0.15, -0.1) is 0 Å². The number of fused-ring (bicyclic) bond motifs is 2. The zero-order valence-electron chi connectivity index (χ0n) is 11.1. The van der Waals surface area contributed by atoms with Crippen molar-refractivity contribution in [3.63, 3.8) is 0 Å². The lowest BCUT2D eigenvalue weighted by molar-refractivity contribution is 0.0580. The van der Waals surface area contributed by atoms with E-state index in [1.165, 1.54) is 0 Å². The molecule has 3 rings (SSSR count). The van der Waals surface area contributed by atoms with Crippen LogP contribution >= 0.6 is 0 Å². The number of amides is 2. The molecule has 2 amide bonds. The summed E-state index contributed by atoms with van der Waals surface area (Å²) in [6, 6.07) is 9.09. The Morgan fingerprint density at radius 2 is 1.85 bits per heavy atom. The van der Waals surface area contributed by atoms with Gasteiger partial charge in [0.25, 0.3) is 0 Å². The van der Waals surface area contributed by atoms with E-state index >= 15 is 0 Å². The van der Waals surface area contributed by atoms with E-state index in [4.69, 9.17) is 5.26 Å². The number of nitrogens with one attached hydrogen (secondary N) is 1. The van der Waals surface area contributed by atoms with Crippen molar-refractivity contribution in [2.75, 3.05) is 5.32 Å². The minimum Gasteiger partial charge on any atom is -0.393 e. The van der Waals surface area contributed by atoms with Gasteiger partial charge < -0.3 is 15.3 Å². The van der Waals surface area contributed by atoms with Crippen LogP contribution in [0.5, 0.6) is 0 Å². The van der Waals surface area contributed by atoms with Crippen LogP contribution in [-0.4, -0.2) is 34.2 Å². The van der Waals surface area contributed by atoms with E-state index in [1.54, 1.807) is 24.3 Å². The first-order chi connectivity index (χ1) is 9.67. The number of carbonyl (C=O) groups is 1. The molecule has 0 radical (unpaired) electrons. The molecule has 0 aromatic heterocycles. The molecule has 20 heavy (non-hydrogen) atoms. The Labute approximate surface area is 117 Å². The van der Waals surface area contributed by atoms with Crippen molar-refractivity contribution in [3.8, 4) is 6.07 Å². The maximum atomic E-state index is 12.4. The standard InChI is InChI=1S/C15H17N3O2/c16-9-10-1-3-11(4-2-10)17-15(20)18-12-5-6-13(18)8-14(19)7-12/h1-4,12-14,19H,5-8H2,(H,17,20). The normalized spacial score (nSPS) is 28.0. The molecule has 2 bridgehead atoms. The molecule has 5 nitrogen and oxygen atoms in total. The maximum absolute atomic E-state index is 12.4. The van der Waals surface area contributed by atoms with Gasteiger partial charge in [-0.2, -0.15) is 5.26 Å². The molecule has 2 atom stereocenters. The van der Waals surface area contributed by atoms with E-state index in [0.29, 0.717) is 24.1 Å². The average molecular weight is 271 g/mol. The van der Waals surface area contributed by atoms with Crippen LogP contribution in [0, 0.1) is 11.3 Å². The highest BCUT2D eigenvalue weighted by Crippen LogP contribution is 2.36. The molecular formula is C15H17N3O2. The SMILES string of the molecule is N#Cc1ccc(NC(=O)N2C3CCC2CC(O)C3)cc1. The number of rotatable bonds is 1. The summed E-state index contributed by atoms with van der Waals surface area (Å²) in [7, 11) is 0. The van der Waals surface area contributed by atoms with Gasteiger partial charge in [-0.1, -0.05) is 0 Å². The number of hydrogen-bond acceptors (Lipinski definition) is 3. The Hall–Kier alpha value is -2.06. The van der Waals surface area contributed by atoms with Gasteiger partial charge in [0.2, 0.25) is 0 Å². The Bertz CT molecular complexity index is 535. The van der Waals surface area contributed by atoms with Crippen molar-refractivity contribution in [2.45, 2.75) is 43.9 Å².